The van der Waals surface area contributed by atoms with E-state index < -0.39 is 0 Å². The third kappa shape index (κ3) is 1.33. The van der Waals surface area contributed by atoms with Crippen molar-refractivity contribution < 1.29 is 4.79 Å². The fourth-order valence-electron chi connectivity index (χ4n) is 3.14. The van der Waals surface area contributed by atoms with E-state index in [9.17, 15) is 4.79 Å². The van der Waals surface area contributed by atoms with E-state index in [1.807, 2.05) is 8.93 Å². The minimum Gasteiger partial charge on any atom is -0.294 e. The number of hydrogen-bond donors (Lipinski definition) is 0. The van der Waals surface area contributed by atoms with Gasteiger partial charge in [0.1, 0.15) is 0 Å². The molecule has 0 saturated heterocycles. The molecule has 16 heavy (non-hydrogen) atoms. The van der Waals surface area contributed by atoms with E-state index in [1.165, 1.54) is 5.57 Å². The summed E-state index contributed by atoms with van der Waals surface area (Å²) in [5.41, 5.74) is 2.55. The maximum Gasteiger partial charge on any atom is 0.164 e. The molecule has 0 aliphatic heterocycles. The van der Waals surface area contributed by atoms with Crippen molar-refractivity contribution in [3.8, 4) is 0 Å². The quantitative estimate of drug-likeness (QED) is 0.528. The molecule has 84 valence electrons. The molecule has 2 unspecified atom stereocenters. The molecule has 2 atom stereocenters. The lowest BCUT2D eigenvalue weighted by Gasteiger charge is -2.36. The number of rotatable bonds is 1. The minimum absolute atomic E-state index is 0.0898. The molecule has 3 rings (SSSR count). The molecule has 0 aromatic heterocycles. The van der Waals surface area contributed by atoms with Gasteiger partial charge in [-0.3, -0.25) is 4.79 Å². The van der Waals surface area contributed by atoms with Crippen LogP contribution in [0.1, 0.15) is 25.7 Å². The van der Waals surface area contributed by atoms with Gasteiger partial charge in [0, 0.05) is 11.5 Å². The molecule has 0 bridgehead atoms. The third-order valence-corrected chi connectivity index (χ3v) is 7.29. The normalized spacial score (nSPS) is 36.6. The first-order chi connectivity index (χ1) is 7.79. The van der Waals surface area contributed by atoms with Crippen molar-refractivity contribution in [2.24, 2.45) is 5.92 Å². The van der Waals surface area contributed by atoms with E-state index in [0.717, 1.165) is 31.3 Å². The van der Waals surface area contributed by atoms with Crippen LogP contribution in [0.3, 0.4) is 0 Å². The second kappa shape index (κ2) is 4.02. The van der Waals surface area contributed by atoms with Crippen LogP contribution < -0.4 is 0 Å². The fraction of sp³-hybridized carbons (Fsp3) is 0.462. The van der Waals surface area contributed by atoms with Crippen LogP contribution in [0, 0.1) is 5.92 Å². The topological polar surface area (TPSA) is 17.1 Å². The van der Waals surface area contributed by atoms with Crippen LogP contribution in [0.25, 0.3) is 0 Å². The van der Waals surface area contributed by atoms with Crippen LogP contribution in [-0.2, 0) is 4.79 Å². The summed E-state index contributed by atoms with van der Waals surface area (Å²) in [5.74, 6) is 0.636. The van der Waals surface area contributed by atoms with Crippen molar-refractivity contribution in [3.05, 3.63) is 35.5 Å². The second-order valence-corrected chi connectivity index (χ2v) is 6.84. The Bertz CT molecular complexity index is 435. The van der Waals surface area contributed by atoms with E-state index in [2.05, 4.69) is 45.5 Å². The van der Waals surface area contributed by atoms with Gasteiger partial charge in [-0.05, 0) is 52.5 Å². The van der Waals surface area contributed by atoms with Gasteiger partial charge in [0.15, 0.2) is 5.78 Å². The average molecular weight is 344 g/mol. The molecule has 0 fully saturated rings. The van der Waals surface area contributed by atoms with Gasteiger partial charge in [-0.2, -0.15) is 0 Å². The molecular weight excluding hydrogens is 331 g/mol. The van der Waals surface area contributed by atoms with Crippen molar-refractivity contribution in [2.75, 3.05) is 0 Å². The van der Waals surface area contributed by atoms with Crippen molar-refractivity contribution in [1.29, 1.82) is 0 Å². The molecule has 3 aliphatic rings. The Morgan fingerprint density at radius 3 is 2.88 bits per heavy atom. The van der Waals surface area contributed by atoms with Gasteiger partial charge in [-0.25, -0.2) is 0 Å². The van der Waals surface area contributed by atoms with Crippen LogP contribution in [0.2, 0.25) is 0 Å². The van der Waals surface area contributed by atoms with Gasteiger partial charge in [0.05, 0.1) is 4.75 Å². The zero-order valence-corrected chi connectivity index (χ0v) is 11.9. The van der Waals surface area contributed by atoms with Crippen LogP contribution in [0.5, 0.6) is 0 Å². The van der Waals surface area contributed by atoms with Crippen molar-refractivity contribution >= 4 is 35.9 Å². The molecule has 0 saturated carbocycles. The first-order valence-corrected chi connectivity index (χ1v) is 9.02. The standard InChI is InChI=1S/C13H13IOS/c14-16-13-8-4-3-7-11(13)12(15)9-5-1-2-6-10(9)13/h1-4,11H,5-8H2. The SMILES string of the molecule is O=C1C2=C(CC=CC2)C2(SI)CC=CCC12. The molecule has 0 aromatic carbocycles. The number of carbonyl (C=O) groups is 1. The smallest absolute Gasteiger partial charge is 0.164 e. The maximum atomic E-state index is 12.4. The Morgan fingerprint density at radius 2 is 2.06 bits per heavy atom. The summed E-state index contributed by atoms with van der Waals surface area (Å²) in [4.78, 5) is 12.4. The molecule has 1 nitrogen and oxygen atoms in total. The molecule has 0 aromatic rings. The summed E-state index contributed by atoms with van der Waals surface area (Å²) in [6.45, 7) is 0. The van der Waals surface area contributed by atoms with E-state index in [-0.39, 0.29) is 10.7 Å². The number of carbonyl (C=O) groups excluding carboxylic acids is 1. The molecule has 3 heteroatoms. The Balaban J connectivity index is 2.11. The average Bonchev–Trinajstić information content (AvgIpc) is 2.62. The van der Waals surface area contributed by atoms with Gasteiger partial charge < -0.3 is 0 Å². The minimum atomic E-state index is 0.0898. The number of hydrogen-bond acceptors (Lipinski definition) is 2. The Morgan fingerprint density at radius 1 is 1.25 bits per heavy atom. The highest BCUT2D eigenvalue weighted by Gasteiger charge is 2.53. The highest BCUT2D eigenvalue weighted by Crippen LogP contribution is 2.57. The van der Waals surface area contributed by atoms with Gasteiger partial charge in [0.25, 0.3) is 0 Å². The lowest BCUT2D eigenvalue weighted by molar-refractivity contribution is -0.118. The van der Waals surface area contributed by atoms with Crippen LogP contribution in [-0.4, -0.2) is 10.5 Å². The lowest BCUT2D eigenvalue weighted by Crippen LogP contribution is -2.35. The van der Waals surface area contributed by atoms with Crippen LogP contribution in [0.15, 0.2) is 35.5 Å². The number of halogens is 1. The summed E-state index contributed by atoms with van der Waals surface area (Å²) in [7, 11) is 1.86. The molecular formula is C13H13IOS. The third-order valence-electron chi connectivity index (χ3n) is 3.96. The number of ketones is 1. The predicted octanol–water partition coefficient (Wildman–Crippen LogP) is 4.00. The van der Waals surface area contributed by atoms with E-state index in [4.69, 9.17) is 0 Å². The molecule has 0 amide bonds. The maximum absolute atomic E-state index is 12.4. The van der Waals surface area contributed by atoms with Gasteiger partial charge in [-0.1, -0.05) is 33.2 Å². The summed E-state index contributed by atoms with van der Waals surface area (Å²) in [5, 5.41) is 0. The second-order valence-electron chi connectivity index (χ2n) is 4.63. The Labute approximate surface area is 112 Å². The lowest BCUT2D eigenvalue weighted by atomic mass is 9.80. The van der Waals surface area contributed by atoms with E-state index in [0.29, 0.717) is 5.78 Å². The highest BCUT2D eigenvalue weighted by molar-refractivity contribution is 14.2. The number of fused-ring (bicyclic) bond motifs is 2. The molecule has 0 radical (unpaired) electrons. The molecule has 3 aliphatic carbocycles. The van der Waals surface area contributed by atoms with E-state index >= 15 is 0 Å². The fourth-order valence-corrected chi connectivity index (χ4v) is 6.17. The summed E-state index contributed by atoms with van der Waals surface area (Å²) in [6, 6.07) is 0. The number of allylic oxidation sites excluding steroid dienone is 5. The summed E-state index contributed by atoms with van der Waals surface area (Å²) < 4.78 is 0.0898. The highest BCUT2D eigenvalue weighted by atomic mass is 127. The first kappa shape index (κ1) is 11.1. The predicted molar refractivity (Wildman–Crippen MR) is 76.6 cm³/mol. The van der Waals surface area contributed by atoms with Gasteiger partial charge in [-0.15, -0.1) is 0 Å². The van der Waals surface area contributed by atoms with Crippen LogP contribution in [0.4, 0.5) is 0 Å². The molecule has 0 spiro atoms. The van der Waals surface area contributed by atoms with Gasteiger partial charge in [0.2, 0.25) is 0 Å². The largest absolute Gasteiger partial charge is 0.294 e. The van der Waals surface area contributed by atoms with Crippen molar-refractivity contribution in [1.82, 2.24) is 0 Å². The molecule has 0 N–H and O–H groups in total. The monoisotopic (exact) mass is 344 g/mol. The zero-order chi connectivity index (χ0) is 11.2. The van der Waals surface area contributed by atoms with Crippen LogP contribution >= 0.6 is 30.1 Å². The van der Waals surface area contributed by atoms with Gasteiger partial charge >= 0.3 is 0 Å². The Hall–Kier alpha value is -0.0300. The molecule has 0 heterocycles. The summed E-state index contributed by atoms with van der Waals surface area (Å²) >= 11 is 2.39. The first-order valence-electron chi connectivity index (χ1n) is 5.66. The van der Waals surface area contributed by atoms with E-state index in [1.54, 1.807) is 0 Å². The zero-order valence-electron chi connectivity index (χ0n) is 8.91. The Kier molecular flexibility index (Phi) is 2.78. The summed E-state index contributed by atoms with van der Waals surface area (Å²) in [6.07, 6.45) is 12.6. The van der Waals surface area contributed by atoms with Crippen molar-refractivity contribution in [3.63, 3.8) is 0 Å². The van der Waals surface area contributed by atoms with Crippen molar-refractivity contribution in [2.45, 2.75) is 30.4 Å². The number of Topliss-reactive ketones (excluding diaryl/α,β-unsaturated/α-hetero) is 1.